The van der Waals surface area contributed by atoms with E-state index in [0.29, 0.717) is 36.0 Å². The summed E-state index contributed by atoms with van der Waals surface area (Å²) < 4.78 is 17.3. The normalized spacial score (nSPS) is 14.7. The van der Waals surface area contributed by atoms with Gasteiger partial charge in [-0.1, -0.05) is 24.3 Å². The fourth-order valence-electron chi connectivity index (χ4n) is 3.88. The maximum absolute atomic E-state index is 12.8. The zero-order valence-electron chi connectivity index (χ0n) is 20.5. The predicted molar refractivity (Wildman–Crippen MR) is 136 cm³/mol. The lowest BCUT2D eigenvalue weighted by molar-refractivity contribution is -0.125. The summed E-state index contributed by atoms with van der Waals surface area (Å²) in [7, 11) is 0. The number of anilines is 2. The first-order valence-electron chi connectivity index (χ1n) is 11.6. The van der Waals surface area contributed by atoms with Crippen molar-refractivity contribution >= 4 is 23.2 Å². The van der Waals surface area contributed by atoms with Crippen LogP contribution in [-0.4, -0.2) is 37.7 Å². The Bertz CT molecular complexity index is 1240. The molecule has 1 unspecified atom stereocenters. The molecule has 4 rings (SSSR count). The van der Waals surface area contributed by atoms with E-state index in [0.717, 1.165) is 22.4 Å². The summed E-state index contributed by atoms with van der Waals surface area (Å²) in [6.45, 7) is 8.24. The first-order valence-corrected chi connectivity index (χ1v) is 11.6. The van der Waals surface area contributed by atoms with Crippen LogP contribution in [0.15, 0.2) is 60.7 Å². The molecule has 0 saturated carbocycles. The van der Waals surface area contributed by atoms with Gasteiger partial charge in [0.25, 0.3) is 11.8 Å². The highest BCUT2D eigenvalue weighted by Crippen LogP contribution is 2.36. The minimum Gasteiger partial charge on any atom is -0.492 e. The van der Waals surface area contributed by atoms with E-state index in [2.05, 4.69) is 5.32 Å². The predicted octanol–water partition coefficient (Wildman–Crippen LogP) is 4.82. The summed E-state index contributed by atoms with van der Waals surface area (Å²) in [6, 6.07) is 18.9. The van der Waals surface area contributed by atoms with Gasteiger partial charge in [0.05, 0.1) is 12.2 Å². The van der Waals surface area contributed by atoms with Gasteiger partial charge < -0.3 is 24.4 Å². The number of carbonyl (C=O) groups is 2. The smallest absolute Gasteiger partial charge is 0.267 e. The Balaban J connectivity index is 1.39. The number of ether oxygens (including phenoxy) is 3. The molecule has 1 aliphatic rings. The highest BCUT2D eigenvalue weighted by Gasteiger charge is 2.31. The van der Waals surface area contributed by atoms with Crippen LogP contribution in [0.5, 0.6) is 17.2 Å². The minimum absolute atomic E-state index is 0.112. The van der Waals surface area contributed by atoms with Crippen molar-refractivity contribution in [2.75, 3.05) is 30.0 Å². The van der Waals surface area contributed by atoms with Gasteiger partial charge in [0, 0.05) is 11.8 Å². The van der Waals surface area contributed by atoms with Crippen molar-refractivity contribution < 1.29 is 23.8 Å². The van der Waals surface area contributed by atoms with Crippen LogP contribution in [0.25, 0.3) is 0 Å². The summed E-state index contributed by atoms with van der Waals surface area (Å²) in [4.78, 5) is 26.9. The number of hydrogen-bond acceptors (Lipinski definition) is 5. The van der Waals surface area contributed by atoms with Gasteiger partial charge in [0.2, 0.25) is 0 Å². The van der Waals surface area contributed by atoms with Crippen LogP contribution < -0.4 is 24.4 Å². The number of hydrogen-bond donors (Lipinski definition) is 1. The molecule has 1 N–H and O–H groups in total. The van der Waals surface area contributed by atoms with Crippen LogP contribution in [0.3, 0.4) is 0 Å². The Morgan fingerprint density at radius 2 is 1.80 bits per heavy atom. The molecular formula is C28H30N2O5. The van der Waals surface area contributed by atoms with Gasteiger partial charge in [-0.3, -0.25) is 9.59 Å². The average molecular weight is 475 g/mol. The van der Waals surface area contributed by atoms with Crippen molar-refractivity contribution in [2.45, 2.75) is 33.8 Å². The lowest BCUT2D eigenvalue weighted by Crippen LogP contribution is -2.46. The number of benzene rings is 3. The Hall–Kier alpha value is -4.00. The monoisotopic (exact) mass is 474 g/mol. The van der Waals surface area contributed by atoms with E-state index in [1.807, 2.05) is 63.2 Å². The van der Waals surface area contributed by atoms with E-state index in [1.165, 1.54) is 0 Å². The molecule has 7 nitrogen and oxygen atoms in total. The third-order valence-corrected chi connectivity index (χ3v) is 5.73. The van der Waals surface area contributed by atoms with Crippen LogP contribution in [-0.2, 0) is 9.59 Å². The van der Waals surface area contributed by atoms with E-state index in [9.17, 15) is 9.59 Å². The first kappa shape index (κ1) is 24.1. The first-order chi connectivity index (χ1) is 16.8. The number of amides is 2. The summed E-state index contributed by atoms with van der Waals surface area (Å²) in [5.74, 6) is 1.56. The summed E-state index contributed by atoms with van der Waals surface area (Å²) in [5.41, 5.74) is 4.35. The molecule has 1 atom stereocenters. The Kier molecular flexibility index (Phi) is 7.25. The lowest BCUT2D eigenvalue weighted by Gasteiger charge is -2.33. The van der Waals surface area contributed by atoms with Gasteiger partial charge in [-0.2, -0.15) is 0 Å². The molecule has 3 aromatic rings. The van der Waals surface area contributed by atoms with Crippen molar-refractivity contribution in [3.05, 3.63) is 77.4 Å². The molecule has 3 aromatic carbocycles. The second kappa shape index (κ2) is 10.5. The van der Waals surface area contributed by atoms with Crippen molar-refractivity contribution in [1.29, 1.82) is 0 Å². The van der Waals surface area contributed by atoms with E-state index < -0.39 is 6.10 Å². The zero-order valence-corrected chi connectivity index (χ0v) is 20.5. The van der Waals surface area contributed by atoms with Crippen molar-refractivity contribution in [1.82, 2.24) is 0 Å². The molecule has 0 spiro atoms. The Labute approximate surface area is 205 Å². The van der Waals surface area contributed by atoms with Crippen molar-refractivity contribution in [2.24, 2.45) is 0 Å². The van der Waals surface area contributed by atoms with Crippen molar-refractivity contribution in [3.63, 3.8) is 0 Å². The fraction of sp³-hybridized carbons (Fsp3) is 0.286. The molecule has 0 bridgehead atoms. The van der Waals surface area contributed by atoms with Gasteiger partial charge in [0.1, 0.15) is 23.9 Å². The maximum atomic E-state index is 12.8. The van der Waals surface area contributed by atoms with E-state index >= 15 is 0 Å². The third-order valence-electron chi connectivity index (χ3n) is 5.73. The largest absolute Gasteiger partial charge is 0.492 e. The van der Waals surface area contributed by atoms with Gasteiger partial charge >= 0.3 is 0 Å². The molecule has 0 fully saturated rings. The Morgan fingerprint density at radius 1 is 1.00 bits per heavy atom. The average Bonchev–Trinajstić information content (AvgIpc) is 2.82. The molecule has 1 aliphatic heterocycles. The van der Waals surface area contributed by atoms with Gasteiger partial charge in [-0.05, 0) is 74.7 Å². The molecule has 182 valence electrons. The maximum Gasteiger partial charge on any atom is 0.267 e. The molecule has 2 amide bonds. The number of nitrogens with zero attached hydrogens (tertiary/aromatic N) is 1. The molecule has 1 heterocycles. The summed E-state index contributed by atoms with van der Waals surface area (Å²) in [6.07, 6.45) is -0.639. The number of nitrogens with one attached hydrogen (secondary N) is 1. The molecule has 35 heavy (non-hydrogen) atoms. The van der Waals surface area contributed by atoms with E-state index in [-0.39, 0.29) is 18.4 Å². The van der Waals surface area contributed by atoms with Crippen LogP contribution in [0.4, 0.5) is 11.4 Å². The quantitative estimate of drug-likeness (QED) is 0.506. The molecule has 0 saturated heterocycles. The molecule has 0 radical (unpaired) electrons. The SMILES string of the molecule is Cc1cccc(OCCN2C(=O)C(C)Oc3cc(NC(=O)COc4cc(C)ccc4C)ccc32)c1. The van der Waals surface area contributed by atoms with Crippen LogP contribution in [0, 0.1) is 20.8 Å². The molecule has 0 aliphatic carbocycles. The number of fused-ring (bicyclic) bond motifs is 1. The molecular weight excluding hydrogens is 444 g/mol. The second-order valence-electron chi connectivity index (χ2n) is 8.70. The minimum atomic E-state index is -0.639. The zero-order chi connectivity index (χ0) is 24.9. The Morgan fingerprint density at radius 3 is 2.60 bits per heavy atom. The van der Waals surface area contributed by atoms with Crippen LogP contribution >= 0.6 is 0 Å². The van der Waals surface area contributed by atoms with Crippen molar-refractivity contribution in [3.8, 4) is 17.2 Å². The molecule has 0 aromatic heterocycles. The van der Waals surface area contributed by atoms with Crippen LogP contribution in [0.1, 0.15) is 23.6 Å². The van der Waals surface area contributed by atoms with E-state index in [4.69, 9.17) is 14.2 Å². The lowest BCUT2D eigenvalue weighted by atomic mass is 10.1. The third kappa shape index (κ3) is 5.93. The number of aryl methyl sites for hydroxylation is 3. The molecule has 7 heteroatoms. The summed E-state index contributed by atoms with van der Waals surface area (Å²) in [5, 5.41) is 2.84. The fourth-order valence-corrected chi connectivity index (χ4v) is 3.88. The highest BCUT2D eigenvalue weighted by molar-refractivity contribution is 6.00. The van der Waals surface area contributed by atoms with Gasteiger partial charge in [0.15, 0.2) is 12.7 Å². The topological polar surface area (TPSA) is 77.1 Å². The highest BCUT2D eigenvalue weighted by atomic mass is 16.5. The second-order valence-corrected chi connectivity index (χ2v) is 8.70. The number of carbonyl (C=O) groups excluding carboxylic acids is 2. The van der Waals surface area contributed by atoms with E-state index in [1.54, 1.807) is 30.0 Å². The standard InChI is InChI=1S/C28H30N2O5/c1-18-6-5-7-23(14-18)33-13-12-30-24-11-10-22(16-26(24)35-21(4)28(30)32)29-27(31)17-34-25-15-19(2)8-9-20(25)3/h5-11,14-16,21H,12-13,17H2,1-4H3,(H,29,31). The number of rotatable bonds is 8. The van der Waals surface area contributed by atoms with Gasteiger partial charge in [-0.25, -0.2) is 0 Å². The summed E-state index contributed by atoms with van der Waals surface area (Å²) >= 11 is 0. The van der Waals surface area contributed by atoms with Gasteiger partial charge in [-0.15, -0.1) is 0 Å². The van der Waals surface area contributed by atoms with Crippen LogP contribution in [0.2, 0.25) is 0 Å².